The Morgan fingerprint density at radius 1 is 1.14 bits per heavy atom. The molecule has 0 bridgehead atoms. The summed E-state index contributed by atoms with van der Waals surface area (Å²) in [5.41, 5.74) is 2.82. The van der Waals surface area contributed by atoms with Crippen LogP contribution >= 0.6 is 23.4 Å². The number of hydrogen-bond acceptors (Lipinski definition) is 4. The number of thioether (sulfide) groups is 1. The van der Waals surface area contributed by atoms with Gasteiger partial charge in [-0.1, -0.05) is 30.2 Å². The van der Waals surface area contributed by atoms with Crippen LogP contribution in [0.5, 0.6) is 0 Å². The number of benzene rings is 2. The van der Waals surface area contributed by atoms with Crippen molar-refractivity contribution in [1.29, 1.82) is 0 Å². The second kappa shape index (κ2) is 9.01. The summed E-state index contributed by atoms with van der Waals surface area (Å²) in [5.74, 6) is 2.24. The van der Waals surface area contributed by atoms with E-state index in [4.69, 9.17) is 11.6 Å². The first-order chi connectivity index (χ1) is 14.1. The lowest BCUT2D eigenvalue weighted by atomic mass is 10.1. The highest BCUT2D eigenvalue weighted by Crippen LogP contribution is 2.27. The number of nitrogens with one attached hydrogen (secondary N) is 1. The summed E-state index contributed by atoms with van der Waals surface area (Å²) < 4.78 is 2.22. The Bertz CT molecular complexity index is 1020. The van der Waals surface area contributed by atoms with Crippen LogP contribution in [0.4, 0.5) is 5.69 Å². The number of carbonyl (C=O) groups is 1. The zero-order chi connectivity index (χ0) is 20.2. The van der Waals surface area contributed by atoms with E-state index in [1.54, 1.807) is 0 Å². The van der Waals surface area contributed by atoms with Gasteiger partial charge in [0.2, 0.25) is 5.91 Å². The number of nitrogens with zero attached hydrogens (tertiary/aromatic N) is 3. The summed E-state index contributed by atoms with van der Waals surface area (Å²) in [4.78, 5) is 13.5. The molecule has 29 heavy (non-hydrogen) atoms. The van der Waals surface area contributed by atoms with Gasteiger partial charge in [-0.15, -0.1) is 22.0 Å². The number of aryl methyl sites for hydroxylation is 2. The lowest BCUT2D eigenvalue weighted by Crippen LogP contribution is -2.15. The maximum atomic E-state index is 12.5. The second-order valence-corrected chi connectivity index (χ2v) is 8.71. The summed E-state index contributed by atoms with van der Waals surface area (Å²) in [6.07, 6.45) is 4.52. The fraction of sp³-hybridized carbons (Fsp3) is 0.318. The van der Waals surface area contributed by atoms with E-state index in [0.717, 1.165) is 52.7 Å². The van der Waals surface area contributed by atoms with Crippen LogP contribution in [-0.2, 0) is 17.8 Å². The van der Waals surface area contributed by atoms with Gasteiger partial charge >= 0.3 is 0 Å². The highest BCUT2D eigenvalue weighted by molar-refractivity contribution is 8.00. The van der Waals surface area contributed by atoms with Crippen molar-refractivity contribution in [2.24, 2.45) is 0 Å². The molecule has 1 N–H and O–H groups in total. The van der Waals surface area contributed by atoms with Crippen molar-refractivity contribution in [2.45, 2.75) is 44.0 Å². The van der Waals surface area contributed by atoms with Crippen LogP contribution in [0.2, 0.25) is 5.02 Å². The van der Waals surface area contributed by atoms with Crippen molar-refractivity contribution in [3.63, 3.8) is 0 Å². The topological polar surface area (TPSA) is 59.8 Å². The van der Waals surface area contributed by atoms with Gasteiger partial charge < -0.3 is 9.88 Å². The highest BCUT2D eigenvalue weighted by Gasteiger charge is 2.17. The molecule has 0 radical (unpaired) electrons. The van der Waals surface area contributed by atoms with E-state index in [0.29, 0.717) is 10.8 Å². The molecule has 7 heteroatoms. The normalized spacial score (nSPS) is 13.6. The molecule has 0 atom stereocenters. The van der Waals surface area contributed by atoms with Gasteiger partial charge in [0.05, 0.1) is 5.75 Å². The van der Waals surface area contributed by atoms with Gasteiger partial charge in [-0.2, -0.15) is 0 Å². The van der Waals surface area contributed by atoms with Crippen molar-refractivity contribution in [2.75, 3.05) is 11.1 Å². The summed E-state index contributed by atoms with van der Waals surface area (Å²) in [6.45, 7) is 2.95. The minimum Gasteiger partial charge on any atom is -0.325 e. The first-order valence-corrected chi connectivity index (χ1v) is 11.2. The minimum atomic E-state index is -0.0368. The molecule has 1 aliphatic rings. The molecule has 150 valence electrons. The van der Waals surface area contributed by atoms with Gasteiger partial charge in [-0.3, -0.25) is 4.79 Å². The maximum absolute atomic E-state index is 12.5. The molecule has 1 amide bonds. The van der Waals surface area contributed by atoms with E-state index in [-0.39, 0.29) is 5.91 Å². The van der Waals surface area contributed by atoms with Gasteiger partial charge in [-0.05, 0) is 55.7 Å². The summed E-state index contributed by atoms with van der Waals surface area (Å²) in [5, 5.41) is 12.6. The van der Waals surface area contributed by atoms with Crippen LogP contribution < -0.4 is 5.32 Å². The first-order valence-electron chi connectivity index (χ1n) is 9.81. The lowest BCUT2D eigenvalue weighted by Gasteiger charge is -2.12. The van der Waals surface area contributed by atoms with E-state index in [1.807, 2.05) is 43.3 Å². The molecule has 0 saturated heterocycles. The highest BCUT2D eigenvalue weighted by atomic mass is 35.5. The Morgan fingerprint density at radius 3 is 2.79 bits per heavy atom. The molecule has 1 aliphatic heterocycles. The maximum Gasteiger partial charge on any atom is 0.234 e. The van der Waals surface area contributed by atoms with E-state index in [1.165, 1.54) is 24.6 Å². The van der Waals surface area contributed by atoms with Gasteiger partial charge in [0.25, 0.3) is 0 Å². The van der Waals surface area contributed by atoms with E-state index in [9.17, 15) is 4.79 Å². The van der Waals surface area contributed by atoms with E-state index in [2.05, 4.69) is 26.1 Å². The number of halogens is 1. The van der Waals surface area contributed by atoms with Gasteiger partial charge in [-0.25, -0.2) is 0 Å². The molecular weight excluding hydrogens is 404 g/mol. The summed E-state index contributed by atoms with van der Waals surface area (Å²) in [7, 11) is 0. The van der Waals surface area contributed by atoms with Crippen molar-refractivity contribution in [3.8, 4) is 11.4 Å². The Morgan fingerprint density at radius 2 is 1.97 bits per heavy atom. The molecule has 0 saturated carbocycles. The fourth-order valence-electron chi connectivity index (χ4n) is 3.46. The first kappa shape index (κ1) is 20.0. The largest absolute Gasteiger partial charge is 0.325 e. The predicted octanol–water partition coefficient (Wildman–Crippen LogP) is 5.36. The molecule has 4 rings (SSSR count). The monoisotopic (exact) mass is 426 g/mol. The molecule has 3 aromatic rings. The smallest absolute Gasteiger partial charge is 0.234 e. The van der Waals surface area contributed by atoms with Crippen LogP contribution in [0.25, 0.3) is 11.4 Å². The minimum absolute atomic E-state index is 0.0368. The van der Waals surface area contributed by atoms with E-state index >= 15 is 0 Å². The molecule has 5 nitrogen and oxygen atoms in total. The number of anilines is 1. The number of amides is 1. The average Bonchev–Trinajstić information content (AvgIpc) is 2.97. The van der Waals surface area contributed by atoms with Crippen molar-refractivity contribution >= 4 is 35.0 Å². The quantitative estimate of drug-likeness (QED) is 0.557. The third-order valence-electron chi connectivity index (χ3n) is 5.06. The summed E-state index contributed by atoms with van der Waals surface area (Å²) in [6, 6.07) is 13.6. The standard InChI is InChI=1S/C22H23ClN4OS/c1-15-6-7-16(22-26-25-20-5-3-2-4-12-27(20)22)13-19(15)24-21(28)14-29-18-10-8-17(23)9-11-18/h6-11,13H,2-5,12,14H2,1H3,(H,24,28). The third kappa shape index (κ3) is 4.82. The molecule has 2 aromatic carbocycles. The Kier molecular flexibility index (Phi) is 6.21. The Hall–Kier alpha value is -2.31. The molecule has 0 unspecified atom stereocenters. The molecule has 0 aliphatic carbocycles. The lowest BCUT2D eigenvalue weighted by molar-refractivity contribution is -0.113. The van der Waals surface area contributed by atoms with Crippen molar-refractivity contribution < 1.29 is 4.79 Å². The molecule has 0 fully saturated rings. The molecule has 2 heterocycles. The van der Waals surface area contributed by atoms with Crippen molar-refractivity contribution in [3.05, 3.63) is 58.9 Å². The molecular formula is C22H23ClN4OS. The van der Waals surface area contributed by atoms with Gasteiger partial charge in [0.1, 0.15) is 5.82 Å². The fourth-order valence-corrected chi connectivity index (χ4v) is 4.28. The number of fused-ring (bicyclic) bond motifs is 1. The van der Waals surface area contributed by atoms with Crippen molar-refractivity contribution in [1.82, 2.24) is 14.8 Å². The van der Waals surface area contributed by atoms with Crippen LogP contribution in [0.3, 0.4) is 0 Å². The molecule has 0 spiro atoms. The average molecular weight is 427 g/mol. The van der Waals surface area contributed by atoms with Crippen LogP contribution in [0, 0.1) is 6.92 Å². The molecule has 1 aromatic heterocycles. The Balaban J connectivity index is 1.48. The Labute approximate surface area is 179 Å². The number of aromatic nitrogens is 3. The van der Waals surface area contributed by atoms with Crippen LogP contribution in [0.15, 0.2) is 47.4 Å². The number of hydrogen-bond donors (Lipinski definition) is 1. The van der Waals surface area contributed by atoms with Crippen LogP contribution in [0.1, 0.15) is 30.7 Å². The number of carbonyl (C=O) groups excluding carboxylic acids is 1. The van der Waals surface area contributed by atoms with Gasteiger partial charge in [0.15, 0.2) is 5.82 Å². The summed E-state index contributed by atoms with van der Waals surface area (Å²) >= 11 is 7.40. The van der Waals surface area contributed by atoms with Crippen LogP contribution in [-0.4, -0.2) is 26.4 Å². The van der Waals surface area contributed by atoms with E-state index < -0.39 is 0 Å². The second-order valence-electron chi connectivity index (χ2n) is 7.22. The van der Waals surface area contributed by atoms with Gasteiger partial charge in [0, 0.05) is 34.1 Å². The third-order valence-corrected chi connectivity index (χ3v) is 6.33. The predicted molar refractivity (Wildman–Crippen MR) is 119 cm³/mol. The number of rotatable bonds is 5. The zero-order valence-electron chi connectivity index (χ0n) is 16.3. The SMILES string of the molecule is Cc1ccc(-c2nnc3n2CCCCC3)cc1NC(=O)CSc1ccc(Cl)cc1. The zero-order valence-corrected chi connectivity index (χ0v) is 17.9.